The van der Waals surface area contributed by atoms with E-state index in [1.165, 1.54) is 19.3 Å². The van der Waals surface area contributed by atoms with E-state index in [4.69, 9.17) is 5.73 Å². The number of hydrogen-bond acceptors (Lipinski definition) is 5. The van der Waals surface area contributed by atoms with Crippen LogP contribution in [0.25, 0.3) is 10.3 Å². The average molecular weight is 248 g/mol. The van der Waals surface area contributed by atoms with Gasteiger partial charge in [0.2, 0.25) is 0 Å². The number of fused-ring (bicyclic) bond motifs is 1. The van der Waals surface area contributed by atoms with Crippen molar-refractivity contribution < 1.29 is 0 Å². The molecular weight excluding hydrogens is 232 g/mol. The molecule has 1 atom stereocenters. The maximum absolute atomic E-state index is 5.84. The van der Waals surface area contributed by atoms with Crippen molar-refractivity contribution in [1.29, 1.82) is 0 Å². The molecule has 1 fully saturated rings. The molecule has 1 aliphatic heterocycles. The minimum Gasteiger partial charge on any atom is -0.344 e. The maximum Gasteiger partial charge on any atom is 0.188 e. The minimum absolute atomic E-state index is 0.448. The Labute approximate surface area is 104 Å². The highest BCUT2D eigenvalue weighted by atomic mass is 32.1. The molecule has 0 aromatic carbocycles. The van der Waals surface area contributed by atoms with Crippen molar-refractivity contribution in [3.63, 3.8) is 0 Å². The number of piperidine rings is 1. The summed E-state index contributed by atoms with van der Waals surface area (Å²) < 4.78 is 0. The van der Waals surface area contributed by atoms with Gasteiger partial charge in [-0.25, -0.2) is 9.97 Å². The summed E-state index contributed by atoms with van der Waals surface area (Å²) in [6, 6.07) is 4.40. The number of anilines is 1. The molecule has 0 saturated carbocycles. The molecule has 0 aliphatic carbocycles. The van der Waals surface area contributed by atoms with Crippen molar-refractivity contribution in [2.75, 3.05) is 18.0 Å². The van der Waals surface area contributed by atoms with Crippen LogP contribution in [0.5, 0.6) is 0 Å². The Balaban J connectivity index is 1.96. The summed E-state index contributed by atoms with van der Waals surface area (Å²) in [5.74, 6) is 0. The SMILES string of the molecule is NC[C@H]1CCCCN1c1nc2cccnc2s1. The van der Waals surface area contributed by atoms with Crippen molar-refractivity contribution in [3.8, 4) is 0 Å². The summed E-state index contributed by atoms with van der Waals surface area (Å²) in [5.41, 5.74) is 6.84. The van der Waals surface area contributed by atoms with E-state index in [-0.39, 0.29) is 0 Å². The molecule has 90 valence electrons. The summed E-state index contributed by atoms with van der Waals surface area (Å²) in [6.07, 6.45) is 5.52. The number of thiazole rings is 1. The number of nitrogens with two attached hydrogens (primary N) is 1. The van der Waals surface area contributed by atoms with Crippen LogP contribution in [0.3, 0.4) is 0 Å². The van der Waals surface area contributed by atoms with Gasteiger partial charge < -0.3 is 10.6 Å². The molecule has 0 amide bonds. The van der Waals surface area contributed by atoms with Crippen LogP contribution in [0.1, 0.15) is 19.3 Å². The lowest BCUT2D eigenvalue weighted by Crippen LogP contribution is -2.44. The topological polar surface area (TPSA) is 55.0 Å². The molecule has 0 radical (unpaired) electrons. The molecule has 2 aromatic rings. The van der Waals surface area contributed by atoms with E-state index in [0.29, 0.717) is 12.6 Å². The fourth-order valence-corrected chi connectivity index (χ4v) is 3.39. The van der Waals surface area contributed by atoms with Gasteiger partial charge in [0.1, 0.15) is 10.3 Å². The van der Waals surface area contributed by atoms with E-state index in [1.807, 2.05) is 18.3 Å². The van der Waals surface area contributed by atoms with E-state index in [9.17, 15) is 0 Å². The van der Waals surface area contributed by atoms with Gasteiger partial charge in [-0.2, -0.15) is 0 Å². The fourth-order valence-electron chi connectivity index (χ4n) is 2.38. The normalized spacial score (nSPS) is 21.0. The van der Waals surface area contributed by atoms with Crippen molar-refractivity contribution in [3.05, 3.63) is 18.3 Å². The Morgan fingerprint density at radius 2 is 2.41 bits per heavy atom. The third kappa shape index (κ3) is 2.00. The highest BCUT2D eigenvalue weighted by molar-refractivity contribution is 7.21. The van der Waals surface area contributed by atoms with Crippen LogP contribution in [0.15, 0.2) is 18.3 Å². The predicted molar refractivity (Wildman–Crippen MR) is 71.5 cm³/mol. The second-order valence-electron chi connectivity index (χ2n) is 4.40. The highest BCUT2D eigenvalue weighted by Crippen LogP contribution is 2.31. The zero-order chi connectivity index (χ0) is 11.7. The molecule has 3 rings (SSSR count). The third-order valence-electron chi connectivity index (χ3n) is 3.30. The van der Waals surface area contributed by atoms with Crippen molar-refractivity contribution in [2.24, 2.45) is 5.73 Å². The Kier molecular flexibility index (Phi) is 2.94. The van der Waals surface area contributed by atoms with E-state index >= 15 is 0 Å². The van der Waals surface area contributed by atoms with E-state index in [0.717, 1.165) is 22.0 Å². The fraction of sp³-hybridized carbons (Fsp3) is 0.500. The van der Waals surface area contributed by atoms with Crippen molar-refractivity contribution in [2.45, 2.75) is 25.3 Å². The Morgan fingerprint density at radius 1 is 1.47 bits per heavy atom. The van der Waals surface area contributed by atoms with E-state index < -0.39 is 0 Å². The Bertz CT molecular complexity index is 477. The molecule has 3 heterocycles. The lowest BCUT2D eigenvalue weighted by atomic mass is 10.0. The maximum atomic E-state index is 5.84. The Morgan fingerprint density at radius 3 is 3.24 bits per heavy atom. The van der Waals surface area contributed by atoms with Gasteiger partial charge in [0.15, 0.2) is 5.13 Å². The molecule has 5 heteroatoms. The standard InChI is InChI=1S/C12H16N4S/c13-8-9-4-1-2-7-16(9)12-15-10-5-3-6-14-11(10)17-12/h3,5-6,9H,1-2,4,7-8,13H2/t9-/m1/s1. The zero-order valence-corrected chi connectivity index (χ0v) is 10.5. The number of rotatable bonds is 2. The molecule has 1 saturated heterocycles. The van der Waals surface area contributed by atoms with Crippen LogP contribution >= 0.6 is 11.3 Å². The summed E-state index contributed by atoms with van der Waals surface area (Å²) >= 11 is 1.67. The first-order chi connectivity index (χ1) is 8.38. The van der Waals surface area contributed by atoms with Crippen LogP contribution in [0.2, 0.25) is 0 Å². The van der Waals surface area contributed by atoms with Crippen LogP contribution in [0, 0.1) is 0 Å². The van der Waals surface area contributed by atoms with Crippen LogP contribution < -0.4 is 10.6 Å². The monoisotopic (exact) mass is 248 g/mol. The molecule has 4 nitrogen and oxygen atoms in total. The van der Waals surface area contributed by atoms with E-state index in [2.05, 4.69) is 14.9 Å². The lowest BCUT2D eigenvalue weighted by Gasteiger charge is -2.34. The first-order valence-electron chi connectivity index (χ1n) is 6.07. The third-order valence-corrected chi connectivity index (χ3v) is 4.32. The number of pyridine rings is 1. The molecule has 0 bridgehead atoms. The smallest absolute Gasteiger partial charge is 0.188 e. The largest absolute Gasteiger partial charge is 0.344 e. The van der Waals surface area contributed by atoms with Gasteiger partial charge in [0, 0.05) is 25.3 Å². The molecule has 1 aliphatic rings. The molecular formula is C12H16N4S. The minimum atomic E-state index is 0.448. The number of aromatic nitrogens is 2. The van der Waals surface area contributed by atoms with Gasteiger partial charge in [0.05, 0.1) is 0 Å². The second kappa shape index (κ2) is 4.58. The van der Waals surface area contributed by atoms with Crippen LogP contribution in [-0.2, 0) is 0 Å². The van der Waals surface area contributed by atoms with Gasteiger partial charge in [-0.15, -0.1) is 0 Å². The van der Waals surface area contributed by atoms with E-state index in [1.54, 1.807) is 11.3 Å². The molecule has 0 unspecified atom stereocenters. The van der Waals surface area contributed by atoms with Crippen LogP contribution in [0.4, 0.5) is 5.13 Å². The first-order valence-corrected chi connectivity index (χ1v) is 6.88. The summed E-state index contributed by atoms with van der Waals surface area (Å²) in [5, 5.41) is 1.08. The molecule has 17 heavy (non-hydrogen) atoms. The quantitative estimate of drug-likeness (QED) is 0.883. The molecule has 2 N–H and O–H groups in total. The highest BCUT2D eigenvalue weighted by Gasteiger charge is 2.23. The second-order valence-corrected chi connectivity index (χ2v) is 5.36. The number of nitrogens with zero attached hydrogens (tertiary/aromatic N) is 3. The van der Waals surface area contributed by atoms with Gasteiger partial charge in [0.25, 0.3) is 0 Å². The van der Waals surface area contributed by atoms with Gasteiger partial charge >= 0.3 is 0 Å². The predicted octanol–water partition coefficient (Wildman–Crippen LogP) is 2.01. The summed E-state index contributed by atoms with van der Waals surface area (Å²) in [4.78, 5) is 12.4. The summed E-state index contributed by atoms with van der Waals surface area (Å²) in [6.45, 7) is 1.78. The lowest BCUT2D eigenvalue weighted by molar-refractivity contribution is 0.465. The molecule has 2 aromatic heterocycles. The van der Waals surface area contributed by atoms with Crippen molar-refractivity contribution in [1.82, 2.24) is 9.97 Å². The first kappa shape index (κ1) is 10.9. The number of hydrogen-bond donors (Lipinski definition) is 1. The van der Waals surface area contributed by atoms with Crippen LogP contribution in [-0.4, -0.2) is 29.1 Å². The average Bonchev–Trinajstić information content (AvgIpc) is 2.82. The summed E-state index contributed by atoms with van der Waals surface area (Å²) in [7, 11) is 0. The van der Waals surface area contributed by atoms with Gasteiger partial charge in [-0.3, -0.25) is 0 Å². The van der Waals surface area contributed by atoms with Crippen molar-refractivity contribution >= 4 is 26.8 Å². The van der Waals surface area contributed by atoms with Gasteiger partial charge in [-0.1, -0.05) is 11.3 Å². The molecule has 0 spiro atoms. The zero-order valence-electron chi connectivity index (χ0n) is 9.67. The van der Waals surface area contributed by atoms with Gasteiger partial charge in [-0.05, 0) is 31.4 Å². The Hall–Kier alpha value is -1.20.